The number of likely N-dealkylation sites (N-methyl/N-ethyl adjacent to an activating group) is 1. The molecular weight excluding hydrogens is 679 g/mol. The molecular formula is C46H78NO7+. The Morgan fingerprint density at radius 1 is 0.574 bits per heavy atom. The maximum atomic E-state index is 12.7. The molecule has 0 radical (unpaired) electrons. The summed E-state index contributed by atoms with van der Waals surface area (Å²) in [4.78, 5) is 36.8. The second-order valence-electron chi connectivity index (χ2n) is 14.9. The summed E-state index contributed by atoms with van der Waals surface area (Å²) in [6, 6.07) is -0.629. The maximum Gasteiger partial charge on any atom is 0.362 e. The van der Waals surface area contributed by atoms with Crippen LogP contribution in [0.3, 0.4) is 0 Å². The molecule has 0 aliphatic heterocycles. The average Bonchev–Trinajstić information content (AvgIpc) is 3.12. The van der Waals surface area contributed by atoms with Gasteiger partial charge in [0, 0.05) is 19.3 Å². The Morgan fingerprint density at radius 3 is 1.50 bits per heavy atom. The number of ether oxygens (including phenoxy) is 3. The van der Waals surface area contributed by atoms with E-state index in [0.29, 0.717) is 19.3 Å². The van der Waals surface area contributed by atoms with E-state index in [-0.39, 0.29) is 42.7 Å². The summed E-state index contributed by atoms with van der Waals surface area (Å²) < 4.78 is 17.1. The first kappa shape index (κ1) is 50.8. The molecule has 0 aliphatic rings. The SMILES string of the molecule is CC/C=C/C/C=C/C/C=C/C/C=C/C/C=C/C/C=C/CCC(=O)OC(COCCC(C(=O)O)[N+](C)(C)C)COC(=O)CCCCCCCCCCCCC. The van der Waals surface area contributed by atoms with E-state index in [9.17, 15) is 19.5 Å². The highest BCUT2D eigenvalue weighted by atomic mass is 16.6. The number of carbonyl (C=O) groups is 3. The third-order valence-corrected chi connectivity index (χ3v) is 8.88. The van der Waals surface area contributed by atoms with Crippen LogP contribution in [0.5, 0.6) is 0 Å². The number of rotatable bonds is 36. The summed E-state index contributed by atoms with van der Waals surface area (Å²) in [5.41, 5.74) is 0. The minimum atomic E-state index is -0.889. The number of hydrogen-bond donors (Lipinski definition) is 1. The smallest absolute Gasteiger partial charge is 0.362 e. The molecule has 8 nitrogen and oxygen atoms in total. The number of quaternary nitrogens is 1. The fourth-order valence-corrected chi connectivity index (χ4v) is 5.65. The summed E-state index contributed by atoms with van der Waals surface area (Å²) in [7, 11) is 5.49. The lowest BCUT2D eigenvalue weighted by molar-refractivity contribution is -0.887. The normalized spacial score (nSPS) is 13.7. The summed E-state index contributed by atoms with van der Waals surface area (Å²) >= 11 is 0. The summed E-state index contributed by atoms with van der Waals surface area (Å²) in [6.45, 7) is 4.51. The monoisotopic (exact) mass is 757 g/mol. The minimum absolute atomic E-state index is 0.0286. The first-order chi connectivity index (χ1) is 26.1. The van der Waals surface area contributed by atoms with Crippen LogP contribution in [0.15, 0.2) is 72.9 Å². The van der Waals surface area contributed by atoms with Gasteiger partial charge in [-0.2, -0.15) is 0 Å². The predicted octanol–water partition coefficient (Wildman–Crippen LogP) is 11.2. The first-order valence-electron chi connectivity index (χ1n) is 21.0. The second-order valence-corrected chi connectivity index (χ2v) is 14.9. The van der Waals surface area contributed by atoms with Crippen molar-refractivity contribution in [1.82, 2.24) is 0 Å². The topological polar surface area (TPSA) is 99.1 Å². The number of carboxylic acids is 1. The first-order valence-corrected chi connectivity index (χ1v) is 21.0. The van der Waals surface area contributed by atoms with Crippen LogP contribution >= 0.6 is 0 Å². The molecule has 0 fully saturated rings. The maximum absolute atomic E-state index is 12.7. The molecule has 2 unspecified atom stereocenters. The zero-order valence-corrected chi connectivity index (χ0v) is 34.9. The number of carboxylic acid groups (broad SMARTS) is 1. The average molecular weight is 757 g/mol. The van der Waals surface area contributed by atoms with Crippen molar-refractivity contribution in [2.24, 2.45) is 0 Å². The van der Waals surface area contributed by atoms with Crippen LogP contribution in [0.4, 0.5) is 0 Å². The lowest BCUT2D eigenvalue weighted by Gasteiger charge is -2.31. The Morgan fingerprint density at radius 2 is 1.04 bits per heavy atom. The Bertz CT molecular complexity index is 1110. The highest BCUT2D eigenvalue weighted by Crippen LogP contribution is 2.13. The van der Waals surface area contributed by atoms with Crippen LogP contribution in [0, 0.1) is 0 Å². The molecule has 0 rings (SSSR count). The Kier molecular flexibility index (Phi) is 34.5. The molecule has 0 spiro atoms. The molecule has 0 aromatic heterocycles. The lowest BCUT2D eigenvalue weighted by atomic mass is 10.1. The highest BCUT2D eigenvalue weighted by molar-refractivity contribution is 5.72. The van der Waals surface area contributed by atoms with Crippen molar-refractivity contribution in [1.29, 1.82) is 0 Å². The van der Waals surface area contributed by atoms with Gasteiger partial charge in [0.1, 0.15) is 6.61 Å². The third kappa shape index (κ3) is 34.5. The molecule has 308 valence electrons. The van der Waals surface area contributed by atoms with Crippen molar-refractivity contribution < 1.29 is 38.2 Å². The van der Waals surface area contributed by atoms with Gasteiger partial charge in [0.05, 0.1) is 34.4 Å². The quantitative estimate of drug-likeness (QED) is 0.0294. The van der Waals surface area contributed by atoms with E-state index in [1.165, 1.54) is 51.4 Å². The molecule has 54 heavy (non-hydrogen) atoms. The second kappa shape index (κ2) is 36.7. The van der Waals surface area contributed by atoms with Gasteiger partial charge in [-0.25, -0.2) is 4.79 Å². The molecule has 0 aromatic rings. The summed E-state index contributed by atoms with van der Waals surface area (Å²) in [6.07, 6.45) is 45.3. The minimum Gasteiger partial charge on any atom is -0.477 e. The Hall–Kier alpha value is -3.23. The van der Waals surface area contributed by atoms with Gasteiger partial charge in [-0.1, -0.05) is 151 Å². The van der Waals surface area contributed by atoms with E-state index in [4.69, 9.17) is 14.2 Å². The summed E-state index contributed by atoms with van der Waals surface area (Å²) in [5.74, 6) is -1.58. The molecule has 1 N–H and O–H groups in total. The molecule has 0 aliphatic carbocycles. The molecule has 0 saturated heterocycles. The van der Waals surface area contributed by atoms with Gasteiger partial charge in [0.2, 0.25) is 0 Å². The molecule has 0 amide bonds. The Balaban J connectivity index is 4.51. The van der Waals surface area contributed by atoms with E-state index in [1.54, 1.807) is 0 Å². The van der Waals surface area contributed by atoms with Crippen LogP contribution < -0.4 is 0 Å². The van der Waals surface area contributed by atoms with Gasteiger partial charge < -0.3 is 23.8 Å². The van der Waals surface area contributed by atoms with Gasteiger partial charge in [0.15, 0.2) is 12.1 Å². The standard InChI is InChI=1S/C46H77NO7/c1-6-8-10-12-14-16-18-19-20-21-22-23-24-25-27-29-31-33-35-37-45(49)54-42(40-52-39-38-43(46(50)51)47(3,4)5)41-53-44(48)36-34-32-30-28-26-17-15-13-11-9-7-2/h8,10,14,16,19-20,22-23,25,27,31,33,42-43H,6-7,9,11-13,15,17-18,21,24,26,28-30,32,34-41H2,1-5H3/p+1/b10-8+,16-14+,20-19+,23-22+,27-25+,33-31+. The van der Waals surface area contributed by atoms with E-state index >= 15 is 0 Å². The molecule has 0 aromatic carbocycles. The van der Waals surface area contributed by atoms with Crippen molar-refractivity contribution in [3.63, 3.8) is 0 Å². The fraction of sp³-hybridized carbons (Fsp3) is 0.674. The van der Waals surface area contributed by atoms with E-state index in [1.807, 2.05) is 33.3 Å². The van der Waals surface area contributed by atoms with Crippen molar-refractivity contribution in [3.05, 3.63) is 72.9 Å². The van der Waals surface area contributed by atoms with Crippen LogP contribution in [-0.2, 0) is 28.6 Å². The van der Waals surface area contributed by atoms with Gasteiger partial charge >= 0.3 is 17.9 Å². The van der Waals surface area contributed by atoms with Gasteiger partial charge in [0.25, 0.3) is 0 Å². The van der Waals surface area contributed by atoms with Gasteiger partial charge in [-0.15, -0.1) is 0 Å². The number of unbranched alkanes of at least 4 members (excludes halogenated alkanes) is 10. The fourth-order valence-electron chi connectivity index (χ4n) is 5.65. The molecule has 8 heteroatoms. The number of esters is 2. The van der Waals surface area contributed by atoms with E-state index in [0.717, 1.165) is 57.8 Å². The van der Waals surface area contributed by atoms with Crippen LogP contribution in [0.25, 0.3) is 0 Å². The number of aliphatic carboxylic acids is 1. The van der Waals surface area contributed by atoms with Crippen molar-refractivity contribution >= 4 is 17.9 Å². The molecule has 0 heterocycles. The lowest BCUT2D eigenvalue weighted by Crippen LogP contribution is -2.50. The van der Waals surface area contributed by atoms with Crippen LogP contribution in [-0.4, -0.2) is 80.6 Å². The van der Waals surface area contributed by atoms with E-state index < -0.39 is 18.1 Å². The number of hydrogen-bond acceptors (Lipinski definition) is 6. The zero-order valence-electron chi connectivity index (χ0n) is 34.9. The van der Waals surface area contributed by atoms with Crippen molar-refractivity contribution in [2.75, 3.05) is 41.0 Å². The number of carbonyl (C=O) groups excluding carboxylic acids is 2. The van der Waals surface area contributed by atoms with Crippen molar-refractivity contribution in [2.45, 2.75) is 161 Å². The third-order valence-electron chi connectivity index (χ3n) is 8.88. The predicted molar refractivity (Wildman–Crippen MR) is 224 cm³/mol. The van der Waals surface area contributed by atoms with Gasteiger partial charge in [-0.05, 0) is 51.4 Å². The molecule has 2 atom stereocenters. The number of nitrogens with zero attached hydrogens (tertiary/aromatic N) is 1. The Labute approximate surface area is 330 Å². The molecule has 0 bridgehead atoms. The van der Waals surface area contributed by atoms with Crippen LogP contribution in [0.1, 0.15) is 149 Å². The summed E-state index contributed by atoms with van der Waals surface area (Å²) in [5, 5.41) is 9.60. The number of allylic oxidation sites excluding steroid dienone is 12. The van der Waals surface area contributed by atoms with Crippen molar-refractivity contribution in [3.8, 4) is 0 Å². The largest absolute Gasteiger partial charge is 0.477 e. The molecule has 0 saturated carbocycles. The van der Waals surface area contributed by atoms with Gasteiger partial charge in [-0.3, -0.25) is 9.59 Å². The zero-order chi connectivity index (χ0) is 40.0. The van der Waals surface area contributed by atoms with E-state index in [2.05, 4.69) is 74.6 Å². The van der Waals surface area contributed by atoms with Crippen LogP contribution in [0.2, 0.25) is 0 Å². The highest BCUT2D eigenvalue weighted by Gasteiger charge is 2.31.